The number of rotatable bonds is 2. The average Bonchev–Trinajstić information content (AvgIpc) is 2.38. The Bertz CT molecular complexity index is 510. The summed E-state index contributed by atoms with van der Waals surface area (Å²) in [5, 5.41) is 23.4. The largest absolute Gasteiger partial charge is 0.387 e. The van der Waals surface area contributed by atoms with Crippen LogP contribution in [0.5, 0.6) is 0 Å². The van der Waals surface area contributed by atoms with Crippen LogP contribution in [0, 0.1) is 22.8 Å². The molecular formula is C11H11N5S. The summed E-state index contributed by atoms with van der Waals surface area (Å²) < 4.78 is 0. The fraction of sp³-hybridized carbons (Fsp3) is 0.182. The summed E-state index contributed by atoms with van der Waals surface area (Å²) in [5.74, 6) is 0. The smallest absolute Gasteiger partial charge is 0.183 e. The van der Waals surface area contributed by atoms with E-state index < -0.39 is 0 Å². The molecule has 0 saturated heterocycles. The van der Waals surface area contributed by atoms with Gasteiger partial charge in [0, 0.05) is 7.05 Å². The van der Waals surface area contributed by atoms with Gasteiger partial charge in [0.1, 0.15) is 6.07 Å². The maximum absolute atomic E-state index is 8.96. The van der Waals surface area contributed by atoms with Gasteiger partial charge in [-0.3, -0.25) is 5.32 Å². The second kappa shape index (κ2) is 6.41. The minimum Gasteiger partial charge on any atom is -0.387 e. The Morgan fingerprint density at radius 2 is 2.18 bits per heavy atom. The molecule has 0 atom stereocenters. The first-order valence-corrected chi connectivity index (χ1v) is 5.97. The number of hydrogen-bond donors (Lipinski definition) is 2. The van der Waals surface area contributed by atoms with Crippen molar-refractivity contribution in [2.24, 2.45) is 4.99 Å². The van der Waals surface area contributed by atoms with E-state index in [1.54, 1.807) is 25.2 Å². The Morgan fingerprint density at radius 3 is 2.71 bits per heavy atom. The van der Waals surface area contributed by atoms with Crippen LogP contribution in [0.2, 0.25) is 0 Å². The summed E-state index contributed by atoms with van der Waals surface area (Å²) in [4.78, 5) is 4.22. The number of nitrogens with one attached hydrogen (secondary N) is 2. The molecule has 0 aliphatic rings. The standard InChI is InChI=1S/C11H11N5S/c1-14-10-4-3-9(5-8(10)6-12)16-11(17-2)15-7-13/h3-5,14H,1-2H3,(H,15,16). The fourth-order valence-corrected chi connectivity index (χ4v) is 1.55. The summed E-state index contributed by atoms with van der Waals surface area (Å²) in [6, 6.07) is 7.31. The Balaban J connectivity index is 3.09. The molecular weight excluding hydrogens is 234 g/mol. The third-order valence-electron chi connectivity index (χ3n) is 1.98. The quantitative estimate of drug-likeness (QED) is 0.360. The van der Waals surface area contributed by atoms with Crippen LogP contribution in [-0.4, -0.2) is 18.5 Å². The van der Waals surface area contributed by atoms with Crippen molar-refractivity contribution >= 4 is 28.3 Å². The van der Waals surface area contributed by atoms with E-state index in [0.717, 1.165) is 5.69 Å². The summed E-state index contributed by atoms with van der Waals surface area (Å²) >= 11 is 1.33. The second-order valence-corrected chi connectivity index (χ2v) is 3.74. The van der Waals surface area contributed by atoms with Crippen LogP contribution in [0.1, 0.15) is 5.56 Å². The van der Waals surface area contributed by atoms with Gasteiger partial charge in [0.05, 0.1) is 16.9 Å². The van der Waals surface area contributed by atoms with E-state index in [9.17, 15) is 0 Å². The second-order valence-electron chi connectivity index (χ2n) is 2.95. The van der Waals surface area contributed by atoms with Crippen LogP contribution in [0.15, 0.2) is 23.2 Å². The molecule has 2 N–H and O–H groups in total. The molecule has 0 unspecified atom stereocenters. The van der Waals surface area contributed by atoms with Crippen molar-refractivity contribution in [3.63, 3.8) is 0 Å². The van der Waals surface area contributed by atoms with Gasteiger partial charge in [0.15, 0.2) is 11.4 Å². The predicted molar refractivity (Wildman–Crippen MR) is 70.1 cm³/mol. The number of amidine groups is 1. The van der Waals surface area contributed by atoms with Crippen LogP contribution >= 0.6 is 11.8 Å². The minimum absolute atomic E-state index is 0.494. The van der Waals surface area contributed by atoms with Gasteiger partial charge >= 0.3 is 0 Å². The Hall–Kier alpha value is -2.18. The van der Waals surface area contributed by atoms with Gasteiger partial charge in [-0.05, 0) is 24.5 Å². The predicted octanol–water partition coefficient (Wildman–Crippen LogP) is 2.02. The maximum Gasteiger partial charge on any atom is 0.183 e. The normalized spacial score (nSPS) is 10.2. The van der Waals surface area contributed by atoms with Crippen molar-refractivity contribution in [1.29, 1.82) is 10.5 Å². The number of anilines is 1. The highest BCUT2D eigenvalue weighted by molar-refractivity contribution is 8.13. The van der Waals surface area contributed by atoms with E-state index in [-0.39, 0.29) is 0 Å². The van der Waals surface area contributed by atoms with Gasteiger partial charge in [-0.15, -0.1) is 0 Å². The maximum atomic E-state index is 8.96. The van der Waals surface area contributed by atoms with Crippen LogP contribution < -0.4 is 10.6 Å². The fourth-order valence-electron chi connectivity index (χ4n) is 1.20. The molecule has 0 radical (unpaired) electrons. The molecule has 0 aliphatic heterocycles. The highest BCUT2D eigenvalue weighted by Gasteiger charge is 2.02. The number of benzene rings is 1. The van der Waals surface area contributed by atoms with Gasteiger partial charge in [0.2, 0.25) is 0 Å². The highest BCUT2D eigenvalue weighted by atomic mass is 32.2. The lowest BCUT2D eigenvalue weighted by atomic mass is 10.2. The molecule has 17 heavy (non-hydrogen) atoms. The SMILES string of the molecule is CNc1ccc(N=C(NC#N)SC)cc1C#N. The molecule has 5 nitrogen and oxygen atoms in total. The third kappa shape index (κ3) is 3.40. The van der Waals surface area contributed by atoms with Crippen LogP contribution in [0.4, 0.5) is 11.4 Å². The molecule has 0 spiro atoms. The van der Waals surface area contributed by atoms with Crippen molar-refractivity contribution in [3.05, 3.63) is 23.8 Å². The van der Waals surface area contributed by atoms with Crippen LogP contribution in [0.3, 0.4) is 0 Å². The van der Waals surface area contributed by atoms with E-state index in [0.29, 0.717) is 16.4 Å². The topological polar surface area (TPSA) is 84.0 Å². The molecule has 0 bridgehead atoms. The molecule has 0 aliphatic carbocycles. The summed E-state index contributed by atoms with van der Waals surface area (Å²) in [6.45, 7) is 0. The lowest BCUT2D eigenvalue weighted by molar-refractivity contribution is 1.28. The van der Waals surface area contributed by atoms with Crippen molar-refractivity contribution < 1.29 is 0 Å². The summed E-state index contributed by atoms with van der Waals surface area (Å²) in [6.07, 6.45) is 3.63. The van der Waals surface area contributed by atoms with Gasteiger partial charge < -0.3 is 5.32 Å². The average molecular weight is 245 g/mol. The van der Waals surface area contributed by atoms with Gasteiger partial charge in [-0.25, -0.2) is 4.99 Å². The zero-order valence-electron chi connectivity index (χ0n) is 9.48. The molecule has 0 amide bonds. The number of thioether (sulfide) groups is 1. The van der Waals surface area contributed by atoms with E-state index in [2.05, 4.69) is 21.7 Å². The lowest BCUT2D eigenvalue weighted by Gasteiger charge is -2.04. The van der Waals surface area contributed by atoms with E-state index in [1.807, 2.05) is 12.4 Å². The molecule has 0 fully saturated rings. The molecule has 0 saturated carbocycles. The minimum atomic E-state index is 0.494. The zero-order valence-corrected chi connectivity index (χ0v) is 10.3. The monoisotopic (exact) mass is 245 g/mol. The van der Waals surface area contributed by atoms with Crippen molar-refractivity contribution in [1.82, 2.24) is 5.32 Å². The Labute approximate surface area is 104 Å². The summed E-state index contributed by atoms with van der Waals surface area (Å²) in [7, 11) is 1.75. The lowest BCUT2D eigenvalue weighted by Crippen LogP contribution is -2.12. The summed E-state index contributed by atoms with van der Waals surface area (Å²) in [5.41, 5.74) is 1.91. The van der Waals surface area contributed by atoms with Crippen molar-refractivity contribution in [2.75, 3.05) is 18.6 Å². The van der Waals surface area contributed by atoms with Gasteiger partial charge in [-0.2, -0.15) is 10.5 Å². The molecule has 1 rings (SSSR count). The first-order valence-electron chi connectivity index (χ1n) is 4.74. The van der Waals surface area contributed by atoms with Crippen LogP contribution in [0.25, 0.3) is 0 Å². The van der Waals surface area contributed by atoms with E-state index in [1.165, 1.54) is 11.8 Å². The first-order chi connectivity index (χ1) is 8.24. The molecule has 0 heterocycles. The molecule has 1 aromatic carbocycles. The Morgan fingerprint density at radius 1 is 1.41 bits per heavy atom. The molecule has 0 aromatic heterocycles. The number of aliphatic imine (C=N–C) groups is 1. The molecule has 86 valence electrons. The number of hydrogen-bond acceptors (Lipinski definition) is 5. The van der Waals surface area contributed by atoms with Crippen molar-refractivity contribution in [3.8, 4) is 12.3 Å². The third-order valence-corrected chi connectivity index (χ3v) is 2.56. The van der Waals surface area contributed by atoms with Gasteiger partial charge in [0.25, 0.3) is 0 Å². The first kappa shape index (κ1) is 12.9. The molecule has 6 heteroatoms. The van der Waals surface area contributed by atoms with Crippen molar-refractivity contribution in [2.45, 2.75) is 0 Å². The van der Waals surface area contributed by atoms with E-state index >= 15 is 0 Å². The number of nitriles is 2. The van der Waals surface area contributed by atoms with Gasteiger partial charge in [-0.1, -0.05) is 11.8 Å². The number of nitrogens with zero attached hydrogens (tertiary/aromatic N) is 3. The van der Waals surface area contributed by atoms with Crippen LogP contribution in [-0.2, 0) is 0 Å². The van der Waals surface area contributed by atoms with E-state index in [4.69, 9.17) is 10.5 Å². The molecule has 1 aromatic rings. The zero-order chi connectivity index (χ0) is 12.7. The Kier molecular flexibility index (Phi) is 4.86. The highest BCUT2D eigenvalue weighted by Crippen LogP contribution is 2.22.